The fourth-order valence-electron chi connectivity index (χ4n) is 2.81. The van der Waals surface area contributed by atoms with E-state index in [0.717, 1.165) is 6.26 Å². The molecule has 0 spiro atoms. The third-order valence-electron chi connectivity index (χ3n) is 4.17. The van der Waals surface area contributed by atoms with Crippen LogP contribution in [0.2, 0.25) is 0 Å². The molecule has 32 heavy (non-hydrogen) atoms. The summed E-state index contributed by atoms with van der Waals surface area (Å²) in [5, 5.41) is 21.6. The minimum absolute atomic E-state index is 0.00323. The molecule has 0 saturated heterocycles. The van der Waals surface area contributed by atoms with E-state index in [1.54, 1.807) is 32.0 Å². The van der Waals surface area contributed by atoms with Crippen LogP contribution in [0.25, 0.3) is 0 Å². The Labute approximate surface area is 184 Å². The van der Waals surface area contributed by atoms with Gasteiger partial charge in [-0.1, -0.05) is 0 Å². The molecule has 1 aromatic carbocycles. The molecule has 0 saturated carbocycles. The summed E-state index contributed by atoms with van der Waals surface area (Å²) in [7, 11) is -0.664. The van der Waals surface area contributed by atoms with Gasteiger partial charge >= 0.3 is 11.7 Å². The highest BCUT2D eigenvalue weighted by Crippen LogP contribution is 2.33. The molecule has 0 radical (unpaired) electrons. The molecular formula is C18H22N6O7S. The van der Waals surface area contributed by atoms with Gasteiger partial charge in [-0.05, 0) is 19.1 Å². The van der Waals surface area contributed by atoms with Gasteiger partial charge in [0.1, 0.15) is 5.71 Å². The van der Waals surface area contributed by atoms with Crippen molar-refractivity contribution in [3.8, 4) is 11.8 Å². The number of nitrogens with two attached hydrogens (primary N) is 1. The number of benzene rings is 1. The smallest absolute Gasteiger partial charge is 0.352 e. The van der Waals surface area contributed by atoms with E-state index < -0.39 is 49.9 Å². The van der Waals surface area contributed by atoms with Gasteiger partial charge in [-0.2, -0.15) is 5.26 Å². The van der Waals surface area contributed by atoms with Crippen LogP contribution >= 0.6 is 0 Å². The number of allylic oxidation sites excluding steroid dienone is 1. The van der Waals surface area contributed by atoms with Crippen molar-refractivity contribution in [2.45, 2.75) is 18.8 Å². The Bertz CT molecular complexity index is 1140. The molecule has 0 fully saturated rings. The molecule has 0 bridgehead atoms. The van der Waals surface area contributed by atoms with Crippen LogP contribution in [0.3, 0.4) is 0 Å². The summed E-state index contributed by atoms with van der Waals surface area (Å²) in [6.45, 7) is 1.56. The van der Waals surface area contributed by atoms with E-state index >= 15 is 0 Å². The Balaban J connectivity index is 2.72. The van der Waals surface area contributed by atoms with Crippen molar-refractivity contribution in [3.05, 3.63) is 45.5 Å². The topological polar surface area (TPSA) is 181 Å². The van der Waals surface area contributed by atoms with Crippen molar-refractivity contribution in [2.75, 3.05) is 31.9 Å². The van der Waals surface area contributed by atoms with Gasteiger partial charge in [-0.15, -0.1) is 0 Å². The lowest BCUT2D eigenvalue weighted by Crippen LogP contribution is -2.50. The van der Waals surface area contributed by atoms with Gasteiger partial charge in [0.05, 0.1) is 35.3 Å². The first-order chi connectivity index (χ1) is 14.9. The summed E-state index contributed by atoms with van der Waals surface area (Å²) in [6, 6.07) is 6.30. The second kappa shape index (κ2) is 9.62. The molecule has 172 valence electrons. The van der Waals surface area contributed by atoms with Crippen molar-refractivity contribution in [3.63, 3.8) is 0 Å². The minimum atomic E-state index is -4.01. The number of rotatable bonds is 8. The molecule has 1 unspecified atom stereocenters. The number of anilines is 1. The molecule has 1 aliphatic rings. The van der Waals surface area contributed by atoms with E-state index in [4.69, 9.17) is 15.3 Å². The number of hydrogen-bond acceptors (Lipinski definition) is 12. The molecule has 2 rings (SSSR count). The van der Waals surface area contributed by atoms with Crippen LogP contribution in [0.15, 0.2) is 34.8 Å². The standard InChI is InChI=1S/C18H22N6O7S/c1-5-30-15(25)9-12-16(24(26)27)17(23(20)18(21-12)32(4,28)29)31-14-8-11(10-19)6-7-13(14)22(2)3/h6-8,18H,5,9,20H2,1-4H3. The molecule has 14 heteroatoms. The number of aliphatic imine (C=N–C) groups is 1. The molecule has 1 heterocycles. The van der Waals surface area contributed by atoms with E-state index in [9.17, 15) is 28.6 Å². The average Bonchev–Trinajstić information content (AvgIpc) is 2.68. The van der Waals surface area contributed by atoms with E-state index in [1.165, 1.54) is 12.1 Å². The van der Waals surface area contributed by atoms with E-state index in [1.807, 2.05) is 6.07 Å². The summed E-state index contributed by atoms with van der Waals surface area (Å²) < 4.78 is 35.1. The van der Waals surface area contributed by atoms with Gasteiger partial charge in [0.2, 0.25) is 5.50 Å². The first kappa shape index (κ1) is 24.6. The van der Waals surface area contributed by atoms with E-state index in [-0.39, 0.29) is 17.9 Å². The van der Waals surface area contributed by atoms with E-state index in [2.05, 4.69) is 4.99 Å². The number of sulfone groups is 1. The summed E-state index contributed by atoms with van der Waals surface area (Å²) >= 11 is 0. The molecule has 0 aliphatic carbocycles. The summed E-state index contributed by atoms with van der Waals surface area (Å²) in [4.78, 5) is 28.4. The lowest BCUT2D eigenvalue weighted by Gasteiger charge is -2.30. The SMILES string of the molecule is CCOC(=O)CC1=NC(S(C)(=O)=O)N(N)C(Oc2cc(C#N)ccc2N(C)C)=C1[N+](=O)[O-]. The van der Waals surface area contributed by atoms with Crippen LogP contribution in [0, 0.1) is 21.4 Å². The second-order valence-electron chi connectivity index (χ2n) is 6.82. The third kappa shape index (κ3) is 5.31. The predicted molar refractivity (Wildman–Crippen MR) is 113 cm³/mol. The Morgan fingerprint density at radius 3 is 2.59 bits per heavy atom. The highest BCUT2D eigenvalue weighted by Gasteiger charge is 2.43. The van der Waals surface area contributed by atoms with Crippen LogP contribution in [-0.2, 0) is 19.4 Å². The van der Waals surface area contributed by atoms with Crippen LogP contribution in [0.5, 0.6) is 5.75 Å². The number of esters is 1. The number of hydrogen-bond donors (Lipinski definition) is 1. The zero-order valence-corrected chi connectivity index (χ0v) is 18.6. The quantitative estimate of drug-likeness (QED) is 0.242. The molecule has 0 amide bonds. The Morgan fingerprint density at radius 1 is 1.44 bits per heavy atom. The summed E-state index contributed by atoms with van der Waals surface area (Å²) in [5.41, 5.74) is -2.44. The maximum absolute atomic E-state index is 12.3. The molecule has 1 aromatic rings. The van der Waals surface area contributed by atoms with Crippen molar-refractivity contribution in [1.82, 2.24) is 5.01 Å². The fourth-order valence-corrected chi connectivity index (χ4v) is 3.63. The van der Waals surface area contributed by atoms with Crippen LogP contribution in [0.4, 0.5) is 5.69 Å². The number of nitriles is 1. The van der Waals surface area contributed by atoms with Gasteiger partial charge in [0.25, 0.3) is 5.88 Å². The molecule has 13 nitrogen and oxygen atoms in total. The van der Waals surface area contributed by atoms with Gasteiger partial charge in [-0.25, -0.2) is 24.3 Å². The van der Waals surface area contributed by atoms with Gasteiger partial charge in [0.15, 0.2) is 15.6 Å². The van der Waals surface area contributed by atoms with Crippen LogP contribution in [0.1, 0.15) is 18.9 Å². The second-order valence-corrected chi connectivity index (χ2v) is 8.90. The predicted octanol–water partition coefficient (Wildman–Crippen LogP) is 0.361. The first-order valence-corrected chi connectivity index (χ1v) is 11.1. The number of nitro groups is 1. The zero-order valence-electron chi connectivity index (χ0n) is 17.8. The molecule has 0 aromatic heterocycles. The Morgan fingerprint density at radius 2 is 2.09 bits per heavy atom. The lowest BCUT2D eigenvalue weighted by atomic mass is 10.1. The minimum Gasteiger partial charge on any atom is -0.466 e. The lowest BCUT2D eigenvalue weighted by molar-refractivity contribution is -0.419. The number of ether oxygens (including phenoxy) is 2. The van der Waals surface area contributed by atoms with Crippen molar-refractivity contribution in [1.29, 1.82) is 5.26 Å². The highest BCUT2D eigenvalue weighted by atomic mass is 32.2. The average molecular weight is 466 g/mol. The highest BCUT2D eigenvalue weighted by molar-refractivity contribution is 7.91. The summed E-state index contributed by atoms with van der Waals surface area (Å²) in [6.07, 6.45) is 0.162. The first-order valence-electron chi connectivity index (χ1n) is 9.14. The number of carbonyl (C=O) groups is 1. The summed E-state index contributed by atoms with van der Waals surface area (Å²) in [5.74, 6) is 4.40. The third-order valence-corrected chi connectivity index (χ3v) is 5.27. The van der Waals surface area contributed by atoms with Gasteiger partial charge in [-0.3, -0.25) is 14.9 Å². The molecule has 1 aliphatic heterocycles. The largest absolute Gasteiger partial charge is 0.466 e. The molecular weight excluding hydrogens is 444 g/mol. The van der Waals surface area contributed by atoms with Gasteiger partial charge < -0.3 is 14.4 Å². The number of hydrazine groups is 1. The maximum Gasteiger partial charge on any atom is 0.352 e. The monoisotopic (exact) mass is 466 g/mol. The molecule has 2 N–H and O–H groups in total. The Kier molecular flexibility index (Phi) is 7.39. The van der Waals surface area contributed by atoms with Crippen LogP contribution < -0.4 is 15.5 Å². The fraction of sp³-hybridized carbons (Fsp3) is 0.389. The van der Waals surface area contributed by atoms with Gasteiger partial charge in [0, 0.05) is 26.4 Å². The Hall–Kier alpha value is -3.70. The number of nitrogens with zero attached hydrogens (tertiary/aromatic N) is 5. The van der Waals surface area contributed by atoms with Crippen molar-refractivity contribution >= 4 is 27.2 Å². The van der Waals surface area contributed by atoms with Crippen molar-refractivity contribution in [2.24, 2.45) is 10.8 Å². The molecule has 1 atom stereocenters. The normalized spacial score (nSPS) is 16.2. The number of carbonyl (C=O) groups excluding carboxylic acids is 1. The van der Waals surface area contributed by atoms with E-state index in [0.29, 0.717) is 10.7 Å². The zero-order chi connectivity index (χ0) is 24.2. The maximum atomic E-state index is 12.3. The van der Waals surface area contributed by atoms with Crippen LogP contribution in [-0.4, -0.2) is 62.5 Å². The van der Waals surface area contributed by atoms with Crippen molar-refractivity contribution < 1.29 is 27.6 Å².